The van der Waals surface area contributed by atoms with Crippen LogP contribution in [0.5, 0.6) is 5.75 Å². The molecule has 5 aromatic rings. The number of aromatic hydroxyl groups is 1. The normalized spacial score (nSPS) is 14.5. The molecule has 4 aromatic carbocycles. The molecule has 2 heterocycles. The van der Waals surface area contributed by atoms with Gasteiger partial charge in [-0.3, -0.25) is 14.9 Å². The van der Waals surface area contributed by atoms with Gasteiger partial charge in [0.2, 0.25) is 0 Å². The van der Waals surface area contributed by atoms with Gasteiger partial charge in [0.1, 0.15) is 16.9 Å². The highest BCUT2D eigenvalue weighted by atomic mass is 35.5. The number of ether oxygens (including phenoxy) is 1. The van der Waals surface area contributed by atoms with Gasteiger partial charge in [0.05, 0.1) is 5.69 Å². The van der Waals surface area contributed by atoms with Gasteiger partial charge >= 0.3 is 12.0 Å². The third-order valence-electron chi connectivity index (χ3n) is 7.17. The van der Waals surface area contributed by atoms with E-state index in [-0.39, 0.29) is 23.5 Å². The van der Waals surface area contributed by atoms with E-state index in [4.69, 9.17) is 20.8 Å². The molecule has 0 saturated carbocycles. The molecular weight excluding hydrogens is 584 g/mol. The van der Waals surface area contributed by atoms with Crippen LogP contribution in [0.4, 0.5) is 21.9 Å². The minimum absolute atomic E-state index is 0.0828. The van der Waals surface area contributed by atoms with Crippen molar-refractivity contribution in [2.24, 2.45) is 0 Å². The number of nitrogens with one attached hydrogen (secondary N) is 2. The third-order valence-corrected chi connectivity index (χ3v) is 7.54. The highest BCUT2D eigenvalue weighted by molar-refractivity contribution is 6.19. The SMILES string of the molecule is CC(C)(C)OC(=O)Nc1ccc2nc(C(=O)Nc3cccc(C(=O)N4C[C@@H](CCl)c5c4cc(O)c4ccccc54)c3)oc2c1. The fraction of sp³-hybridized carbons (Fsp3) is 0.212. The monoisotopic (exact) mass is 612 g/mol. The van der Waals surface area contributed by atoms with Crippen molar-refractivity contribution in [3.63, 3.8) is 0 Å². The Kier molecular flexibility index (Phi) is 7.38. The molecule has 224 valence electrons. The lowest BCUT2D eigenvalue weighted by Gasteiger charge is -2.19. The number of hydrogen-bond donors (Lipinski definition) is 3. The summed E-state index contributed by atoms with van der Waals surface area (Å²) >= 11 is 6.33. The van der Waals surface area contributed by atoms with E-state index in [0.717, 1.165) is 10.9 Å². The van der Waals surface area contributed by atoms with Crippen molar-refractivity contribution >= 4 is 68.4 Å². The Bertz CT molecular complexity index is 1950. The van der Waals surface area contributed by atoms with Gasteiger partial charge in [0, 0.05) is 52.8 Å². The number of phenolic OH excluding ortho intramolecular Hbond substituents is 1. The topological polar surface area (TPSA) is 134 Å². The van der Waals surface area contributed by atoms with Crippen LogP contribution < -0.4 is 15.5 Å². The minimum atomic E-state index is -0.656. The minimum Gasteiger partial charge on any atom is -0.507 e. The molecule has 1 aliphatic rings. The number of carbonyl (C=O) groups is 3. The number of fused-ring (bicyclic) bond motifs is 4. The first kappa shape index (κ1) is 29.0. The summed E-state index contributed by atoms with van der Waals surface area (Å²) < 4.78 is 10.9. The lowest BCUT2D eigenvalue weighted by atomic mass is 9.95. The number of amides is 3. The van der Waals surface area contributed by atoms with Crippen LogP contribution in [0.2, 0.25) is 0 Å². The molecule has 0 saturated heterocycles. The summed E-state index contributed by atoms with van der Waals surface area (Å²) in [6, 6.07) is 20.4. The zero-order valence-corrected chi connectivity index (χ0v) is 24.9. The highest BCUT2D eigenvalue weighted by Gasteiger charge is 2.35. The lowest BCUT2D eigenvalue weighted by molar-refractivity contribution is 0.0635. The number of carbonyl (C=O) groups excluding carboxylic acids is 3. The van der Waals surface area contributed by atoms with Gasteiger partial charge in [-0.2, -0.15) is 0 Å². The molecule has 1 aliphatic heterocycles. The third kappa shape index (κ3) is 5.63. The number of aromatic nitrogens is 1. The fourth-order valence-electron chi connectivity index (χ4n) is 5.34. The molecule has 10 nitrogen and oxygen atoms in total. The average Bonchev–Trinajstić information content (AvgIpc) is 3.57. The maximum atomic E-state index is 13.7. The van der Waals surface area contributed by atoms with Crippen LogP contribution in [0.15, 0.2) is 77.2 Å². The molecule has 0 unspecified atom stereocenters. The van der Waals surface area contributed by atoms with Gasteiger partial charge in [0.15, 0.2) is 5.58 Å². The number of rotatable bonds is 5. The quantitative estimate of drug-likeness (QED) is 0.178. The van der Waals surface area contributed by atoms with E-state index in [1.165, 1.54) is 0 Å². The summed E-state index contributed by atoms with van der Waals surface area (Å²) in [7, 11) is 0. The number of halogens is 1. The largest absolute Gasteiger partial charge is 0.507 e. The van der Waals surface area contributed by atoms with E-state index in [9.17, 15) is 19.5 Å². The zero-order chi connectivity index (χ0) is 31.2. The smallest absolute Gasteiger partial charge is 0.412 e. The Hall–Kier alpha value is -5.09. The number of nitrogens with zero attached hydrogens (tertiary/aromatic N) is 2. The van der Waals surface area contributed by atoms with E-state index in [2.05, 4.69) is 15.6 Å². The van der Waals surface area contributed by atoms with E-state index < -0.39 is 17.6 Å². The van der Waals surface area contributed by atoms with Crippen molar-refractivity contribution in [3.05, 3.63) is 89.8 Å². The molecular formula is C33H29ClN4O6. The van der Waals surface area contributed by atoms with Crippen molar-refractivity contribution in [2.45, 2.75) is 32.3 Å². The van der Waals surface area contributed by atoms with E-state index in [1.807, 2.05) is 24.3 Å². The molecule has 3 amide bonds. The first-order valence-corrected chi connectivity index (χ1v) is 14.5. The zero-order valence-electron chi connectivity index (χ0n) is 24.2. The Morgan fingerprint density at radius 2 is 1.75 bits per heavy atom. The van der Waals surface area contributed by atoms with Gasteiger partial charge in [-0.15, -0.1) is 11.6 Å². The standard InChI is InChI=1S/C33H29ClN4O6/c1-33(2,3)44-32(42)36-21-11-12-24-27(14-21)43-30(37-24)29(40)35-20-8-6-7-18(13-20)31(41)38-17-19(16-34)28-23-10-5-4-9-22(23)26(39)15-25(28)38/h4-15,19,39H,16-17H2,1-3H3,(H,35,40)(H,36,42)/t19-/m1/s1. The predicted molar refractivity (Wildman–Crippen MR) is 169 cm³/mol. The first-order valence-electron chi connectivity index (χ1n) is 13.9. The first-order chi connectivity index (χ1) is 21.0. The van der Waals surface area contributed by atoms with Crippen molar-refractivity contribution in [1.82, 2.24) is 4.98 Å². The number of phenols is 1. The van der Waals surface area contributed by atoms with Crippen molar-refractivity contribution in [1.29, 1.82) is 0 Å². The second-order valence-electron chi connectivity index (χ2n) is 11.5. The van der Waals surface area contributed by atoms with Crippen LogP contribution in [0.3, 0.4) is 0 Å². The van der Waals surface area contributed by atoms with Gasteiger partial charge in [-0.1, -0.05) is 30.3 Å². The average molecular weight is 613 g/mol. The molecule has 0 radical (unpaired) electrons. The summed E-state index contributed by atoms with van der Waals surface area (Å²) in [5.74, 6) is -0.812. The Morgan fingerprint density at radius 3 is 2.50 bits per heavy atom. The Balaban J connectivity index is 1.21. The molecule has 6 rings (SSSR count). The molecule has 0 aliphatic carbocycles. The van der Waals surface area contributed by atoms with E-state index in [0.29, 0.717) is 51.5 Å². The van der Waals surface area contributed by atoms with Crippen LogP contribution in [0, 0.1) is 0 Å². The molecule has 44 heavy (non-hydrogen) atoms. The predicted octanol–water partition coefficient (Wildman–Crippen LogP) is 7.27. The summed E-state index contributed by atoms with van der Waals surface area (Å²) in [6.45, 7) is 5.64. The van der Waals surface area contributed by atoms with Gasteiger partial charge in [0.25, 0.3) is 11.8 Å². The molecule has 0 spiro atoms. The Morgan fingerprint density at radius 1 is 1.00 bits per heavy atom. The maximum absolute atomic E-state index is 13.7. The highest BCUT2D eigenvalue weighted by Crippen LogP contribution is 2.45. The van der Waals surface area contributed by atoms with Crippen molar-refractivity contribution in [3.8, 4) is 5.75 Å². The van der Waals surface area contributed by atoms with Gasteiger partial charge in [-0.05, 0) is 62.1 Å². The molecule has 0 fully saturated rings. The molecule has 11 heteroatoms. The number of anilines is 3. The molecule has 3 N–H and O–H groups in total. The van der Waals surface area contributed by atoms with Crippen LogP contribution in [-0.2, 0) is 4.74 Å². The van der Waals surface area contributed by atoms with Gasteiger partial charge < -0.3 is 24.5 Å². The molecule has 1 aromatic heterocycles. The lowest BCUT2D eigenvalue weighted by Crippen LogP contribution is -2.30. The number of alkyl halides is 1. The molecule has 1 atom stereocenters. The fourth-order valence-corrected chi connectivity index (χ4v) is 5.59. The van der Waals surface area contributed by atoms with Crippen LogP contribution in [0.25, 0.3) is 21.9 Å². The van der Waals surface area contributed by atoms with Crippen LogP contribution >= 0.6 is 11.6 Å². The summed E-state index contributed by atoms with van der Waals surface area (Å²) in [4.78, 5) is 44.8. The van der Waals surface area contributed by atoms with Crippen molar-refractivity contribution < 1.29 is 28.6 Å². The second-order valence-corrected chi connectivity index (χ2v) is 11.8. The van der Waals surface area contributed by atoms with Gasteiger partial charge in [-0.25, -0.2) is 9.78 Å². The summed E-state index contributed by atoms with van der Waals surface area (Å²) in [5, 5.41) is 17.6. The number of hydrogen-bond acceptors (Lipinski definition) is 7. The molecule has 0 bridgehead atoms. The van der Waals surface area contributed by atoms with Crippen LogP contribution in [0.1, 0.15) is 53.3 Å². The second kappa shape index (κ2) is 11.2. The maximum Gasteiger partial charge on any atom is 0.412 e. The summed E-state index contributed by atoms with van der Waals surface area (Å²) in [6.07, 6.45) is -0.621. The van der Waals surface area contributed by atoms with Crippen LogP contribution in [-0.4, -0.2) is 46.0 Å². The number of oxazole rings is 1. The number of benzene rings is 4. The Labute approximate surface area is 257 Å². The van der Waals surface area contributed by atoms with E-state index in [1.54, 1.807) is 74.2 Å². The van der Waals surface area contributed by atoms with Crippen molar-refractivity contribution in [2.75, 3.05) is 28.0 Å². The summed E-state index contributed by atoms with van der Waals surface area (Å²) in [5.41, 5.74) is 2.72. The van der Waals surface area contributed by atoms with E-state index >= 15 is 0 Å².